The zero-order chi connectivity index (χ0) is 20.1. The van der Waals surface area contributed by atoms with Gasteiger partial charge < -0.3 is 15.2 Å². The van der Waals surface area contributed by atoms with E-state index < -0.39 is 0 Å². The highest BCUT2D eigenvalue weighted by Crippen LogP contribution is 2.15. The molecular weight excluding hydrogens is 352 g/mol. The van der Waals surface area contributed by atoms with Crippen LogP contribution in [0.3, 0.4) is 0 Å². The number of amides is 2. The molecule has 6 heteroatoms. The Labute approximate surface area is 165 Å². The van der Waals surface area contributed by atoms with Crippen molar-refractivity contribution in [3.8, 4) is 0 Å². The van der Waals surface area contributed by atoms with Gasteiger partial charge in [0, 0.05) is 18.7 Å². The summed E-state index contributed by atoms with van der Waals surface area (Å²) in [6.07, 6.45) is 0.790. The summed E-state index contributed by atoms with van der Waals surface area (Å²) >= 11 is 0. The van der Waals surface area contributed by atoms with Gasteiger partial charge in [0.15, 0.2) is 0 Å². The lowest BCUT2D eigenvalue weighted by Gasteiger charge is -2.09. The van der Waals surface area contributed by atoms with E-state index in [4.69, 9.17) is 0 Å². The van der Waals surface area contributed by atoms with Crippen molar-refractivity contribution in [1.82, 2.24) is 20.2 Å². The second-order valence-electron chi connectivity index (χ2n) is 7.06. The van der Waals surface area contributed by atoms with Gasteiger partial charge in [-0.15, -0.1) is 0 Å². The summed E-state index contributed by atoms with van der Waals surface area (Å²) in [6, 6.07) is 13.7. The number of carbonyl (C=O) groups is 2. The lowest BCUT2D eigenvalue weighted by atomic mass is 10.1. The third-order valence-electron chi connectivity index (χ3n) is 4.62. The Bertz CT molecular complexity index is 987. The molecule has 3 aromatic rings. The molecule has 0 fully saturated rings. The lowest BCUT2D eigenvalue weighted by Crippen LogP contribution is -2.37. The van der Waals surface area contributed by atoms with Crippen molar-refractivity contribution in [1.29, 1.82) is 0 Å². The highest BCUT2D eigenvalue weighted by Gasteiger charge is 2.09. The zero-order valence-electron chi connectivity index (χ0n) is 16.6. The number of hydrogen-bond acceptors (Lipinski definition) is 3. The highest BCUT2D eigenvalue weighted by atomic mass is 16.2. The van der Waals surface area contributed by atoms with E-state index in [1.807, 2.05) is 57.2 Å². The Kier molecular flexibility index (Phi) is 6.09. The van der Waals surface area contributed by atoms with Gasteiger partial charge in [-0.25, -0.2) is 4.98 Å². The van der Waals surface area contributed by atoms with Crippen molar-refractivity contribution < 1.29 is 9.59 Å². The molecule has 0 saturated carbocycles. The first kappa shape index (κ1) is 19.6. The van der Waals surface area contributed by atoms with Crippen molar-refractivity contribution in [2.45, 2.75) is 33.7 Å². The normalized spacial score (nSPS) is 10.8. The Morgan fingerprint density at radius 3 is 2.46 bits per heavy atom. The monoisotopic (exact) mass is 378 g/mol. The summed E-state index contributed by atoms with van der Waals surface area (Å²) in [5, 5.41) is 5.53. The van der Waals surface area contributed by atoms with Crippen LogP contribution in [0.15, 0.2) is 42.5 Å². The van der Waals surface area contributed by atoms with Gasteiger partial charge in [-0.2, -0.15) is 0 Å². The van der Waals surface area contributed by atoms with Gasteiger partial charge in [-0.3, -0.25) is 9.59 Å². The van der Waals surface area contributed by atoms with E-state index >= 15 is 0 Å². The van der Waals surface area contributed by atoms with E-state index in [2.05, 4.69) is 26.3 Å². The number of aromatic nitrogens is 2. The highest BCUT2D eigenvalue weighted by molar-refractivity contribution is 5.96. The van der Waals surface area contributed by atoms with E-state index in [9.17, 15) is 9.59 Å². The molecule has 0 radical (unpaired) electrons. The molecule has 0 aliphatic rings. The fourth-order valence-corrected chi connectivity index (χ4v) is 3.37. The van der Waals surface area contributed by atoms with Crippen LogP contribution in [0.2, 0.25) is 0 Å². The van der Waals surface area contributed by atoms with Crippen LogP contribution in [-0.2, 0) is 11.3 Å². The third-order valence-corrected chi connectivity index (χ3v) is 4.62. The van der Waals surface area contributed by atoms with Crippen LogP contribution in [0.1, 0.15) is 33.7 Å². The Balaban J connectivity index is 1.43. The van der Waals surface area contributed by atoms with Gasteiger partial charge in [0.2, 0.25) is 5.91 Å². The molecule has 1 heterocycles. The summed E-state index contributed by atoms with van der Waals surface area (Å²) in [6.45, 7) is 7.18. The summed E-state index contributed by atoms with van der Waals surface area (Å²) in [5.41, 5.74) is 4.71. The van der Waals surface area contributed by atoms with Crippen molar-refractivity contribution in [3.63, 3.8) is 0 Å². The Hall–Kier alpha value is -3.15. The van der Waals surface area contributed by atoms with Crippen LogP contribution < -0.4 is 10.6 Å². The molecule has 0 bridgehead atoms. The van der Waals surface area contributed by atoms with Crippen LogP contribution in [0.25, 0.3) is 11.0 Å². The Morgan fingerprint density at radius 2 is 1.71 bits per heavy atom. The minimum Gasteiger partial charge on any atom is -0.355 e. The van der Waals surface area contributed by atoms with Crippen molar-refractivity contribution in [2.24, 2.45) is 0 Å². The number of aryl methyl sites for hydroxylation is 4. The molecule has 146 valence electrons. The smallest absolute Gasteiger partial charge is 0.251 e. The predicted octanol–water partition coefficient (Wildman–Crippen LogP) is 2.90. The first-order chi connectivity index (χ1) is 13.4. The number of para-hydroxylation sites is 2. The molecule has 6 nitrogen and oxygen atoms in total. The van der Waals surface area contributed by atoms with Crippen molar-refractivity contribution in [2.75, 3.05) is 13.1 Å². The molecule has 3 rings (SSSR count). The maximum absolute atomic E-state index is 12.2. The van der Waals surface area contributed by atoms with Crippen LogP contribution >= 0.6 is 0 Å². The molecule has 2 aromatic carbocycles. The average Bonchev–Trinajstić information content (AvgIpc) is 2.97. The number of imidazole rings is 1. The van der Waals surface area contributed by atoms with Gasteiger partial charge in [0.05, 0.1) is 17.6 Å². The van der Waals surface area contributed by atoms with Gasteiger partial charge in [0.1, 0.15) is 5.82 Å². The predicted molar refractivity (Wildman–Crippen MR) is 110 cm³/mol. The number of nitrogens with zero attached hydrogens (tertiary/aromatic N) is 2. The first-order valence-corrected chi connectivity index (χ1v) is 9.49. The third kappa shape index (κ3) is 4.76. The molecule has 2 N–H and O–H groups in total. The summed E-state index contributed by atoms with van der Waals surface area (Å²) < 4.78 is 2.16. The van der Waals surface area contributed by atoms with Crippen LogP contribution in [0.4, 0.5) is 0 Å². The summed E-state index contributed by atoms with van der Waals surface area (Å²) in [7, 11) is 0. The summed E-state index contributed by atoms with van der Waals surface area (Å²) in [5.74, 6) is 0.542. The molecule has 0 unspecified atom stereocenters. The van der Waals surface area contributed by atoms with Crippen LogP contribution in [0.5, 0.6) is 0 Å². The van der Waals surface area contributed by atoms with Crippen molar-refractivity contribution in [3.05, 3.63) is 65.0 Å². The van der Waals surface area contributed by atoms with E-state index in [1.165, 1.54) is 0 Å². The maximum atomic E-state index is 12.2. The van der Waals surface area contributed by atoms with Crippen LogP contribution in [-0.4, -0.2) is 34.5 Å². The van der Waals surface area contributed by atoms with Crippen LogP contribution in [0, 0.1) is 20.8 Å². The molecule has 0 atom stereocenters. The van der Waals surface area contributed by atoms with E-state index in [1.54, 1.807) is 0 Å². The minimum atomic E-state index is -0.234. The molecule has 1 aromatic heterocycles. The second kappa shape index (κ2) is 8.69. The molecular formula is C22H26N4O2. The SMILES string of the molecule is Cc1cc(C)cc(C(=O)NCC(=O)NCCCn2c(C)nc3ccccc32)c1. The number of hydrogen-bond donors (Lipinski definition) is 2. The topological polar surface area (TPSA) is 76.0 Å². The standard InChI is InChI=1S/C22H26N4O2/c1-15-11-16(2)13-18(12-15)22(28)24-14-21(27)23-9-6-10-26-17(3)25-19-7-4-5-8-20(19)26/h4-5,7-8,11-13H,6,9-10,14H2,1-3H3,(H,23,27)(H,24,28). The molecule has 28 heavy (non-hydrogen) atoms. The van der Waals surface area contributed by atoms with E-state index in [0.29, 0.717) is 12.1 Å². The molecule has 0 aliphatic carbocycles. The quantitative estimate of drug-likeness (QED) is 0.621. The van der Waals surface area contributed by atoms with Crippen molar-refractivity contribution >= 4 is 22.8 Å². The summed E-state index contributed by atoms with van der Waals surface area (Å²) in [4.78, 5) is 28.8. The van der Waals surface area contributed by atoms with E-state index in [-0.39, 0.29) is 18.4 Å². The lowest BCUT2D eigenvalue weighted by molar-refractivity contribution is -0.120. The Morgan fingerprint density at radius 1 is 1.00 bits per heavy atom. The molecule has 2 amide bonds. The van der Waals surface area contributed by atoms with Gasteiger partial charge in [-0.05, 0) is 51.5 Å². The average molecular weight is 378 g/mol. The fraction of sp³-hybridized carbons (Fsp3) is 0.318. The van der Waals surface area contributed by atoms with Gasteiger partial charge in [-0.1, -0.05) is 29.3 Å². The molecule has 0 spiro atoms. The first-order valence-electron chi connectivity index (χ1n) is 9.49. The number of benzene rings is 2. The maximum Gasteiger partial charge on any atom is 0.251 e. The minimum absolute atomic E-state index is 0.0289. The number of fused-ring (bicyclic) bond motifs is 1. The van der Waals surface area contributed by atoms with Gasteiger partial charge >= 0.3 is 0 Å². The molecule has 0 aliphatic heterocycles. The van der Waals surface area contributed by atoms with Gasteiger partial charge in [0.25, 0.3) is 5.91 Å². The van der Waals surface area contributed by atoms with E-state index in [0.717, 1.165) is 41.0 Å². The fourth-order valence-electron chi connectivity index (χ4n) is 3.37. The molecule has 0 saturated heterocycles. The number of rotatable bonds is 7. The zero-order valence-corrected chi connectivity index (χ0v) is 16.6. The second-order valence-corrected chi connectivity index (χ2v) is 7.06. The number of carbonyl (C=O) groups excluding carboxylic acids is 2. The largest absolute Gasteiger partial charge is 0.355 e. The number of nitrogens with one attached hydrogen (secondary N) is 2.